The van der Waals surface area contributed by atoms with Crippen LogP contribution < -0.4 is 5.32 Å². The zero-order chi connectivity index (χ0) is 20.2. The summed E-state index contributed by atoms with van der Waals surface area (Å²) in [6, 6.07) is 22.3. The fourth-order valence-corrected chi connectivity index (χ4v) is 3.47. The molecule has 0 saturated carbocycles. The summed E-state index contributed by atoms with van der Waals surface area (Å²) >= 11 is 0. The average molecular weight is 384 g/mol. The molecule has 0 aliphatic heterocycles. The molecule has 0 saturated heterocycles. The standard InChI is InChI=1S/C24H20N2O3/c1-29-24(28)22(15-16-10-11-17-6-2-3-7-18(17)14-16)26-23(27)20-12-13-25-21-9-5-4-8-19(20)21/h2-14,22H,15H2,1H3,(H,26,27)/t22-/m1/s1. The van der Waals surface area contributed by atoms with Crippen molar-refractivity contribution in [2.45, 2.75) is 12.5 Å². The monoisotopic (exact) mass is 384 g/mol. The lowest BCUT2D eigenvalue weighted by atomic mass is 10.0. The van der Waals surface area contributed by atoms with Crippen molar-refractivity contribution < 1.29 is 14.3 Å². The zero-order valence-corrected chi connectivity index (χ0v) is 16.0. The first kappa shape index (κ1) is 18.6. The van der Waals surface area contributed by atoms with Crippen LogP contribution in [-0.4, -0.2) is 30.0 Å². The molecule has 29 heavy (non-hydrogen) atoms. The minimum atomic E-state index is -0.791. The summed E-state index contributed by atoms with van der Waals surface area (Å²) < 4.78 is 4.93. The van der Waals surface area contributed by atoms with E-state index in [0.717, 1.165) is 27.2 Å². The van der Waals surface area contributed by atoms with E-state index in [-0.39, 0.29) is 5.91 Å². The molecule has 144 valence electrons. The van der Waals surface area contributed by atoms with Gasteiger partial charge in [0.2, 0.25) is 0 Å². The largest absolute Gasteiger partial charge is 0.467 e. The second-order valence-corrected chi connectivity index (χ2v) is 6.81. The molecule has 0 radical (unpaired) electrons. The van der Waals surface area contributed by atoms with Crippen molar-refractivity contribution in [3.8, 4) is 0 Å². The van der Waals surface area contributed by atoms with E-state index in [1.807, 2.05) is 66.7 Å². The van der Waals surface area contributed by atoms with E-state index in [4.69, 9.17) is 4.74 Å². The molecule has 0 fully saturated rings. The molecule has 1 atom stereocenters. The minimum absolute atomic E-state index is 0.334. The number of amides is 1. The van der Waals surface area contributed by atoms with Gasteiger partial charge in [0.15, 0.2) is 0 Å². The molecule has 1 heterocycles. The summed E-state index contributed by atoms with van der Waals surface area (Å²) in [6.07, 6.45) is 1.93. The molecule has 3 aromatic carbocycles. The van der Waals surface area contributed by atoms with Gasteiger partial charge >= 0.3 is 5.97 Å². The quantitative estimate of drug-likeness (QED) is 0.530. The number of para-hydroxylation sites is 1. The van der Waals surface area contributed by atoms with Crippen molar-refractivity contribution in [1.29, 1.82) is 0 Å². The maximum absolute atomic E-state index is 12.9. The predicted octanol–water partition coefficient (Wildman–Crippen LogP) is 3.90. The highest BCUT2D eigenvalue weighted by Crippen LogP contribution is 2.19. The number of nitrogens with zero attached hydrogens (tertiary/aromatic N) is 1. The van der Waals surface area contributed by atoms with Crippen LogP contribution >= 0.6 is 0 Å². The summed E-state index contributed by atoms with van der Waals surface area (Å²) in [5.74, 6) is -0.815. The lowest BCUT2D eigenvalue weighted by Crippen LogP contribution is -2.43. The number of benzene rings is 3. The Bertz CT molecular complexity index is 1200. The Balaban J connectivity index is 1.61. The molecule has 0 unspecified atom stereocenters. The number of carbonyl (C=O) groups excluding carboxylic acids is 2. The van der Waals surface area contributed by atoms with Crippen LogP contribution in [-0.2, 0) is 16.0 Å². The van der Waals surface area contributed by atoms with E-state index < -0.39 is 12.0 Å². The van der Waals surface area contributed by atoms with Gasteiger partial charge < -0.3 is 10.1 Å². The van der Waals surface area contributed by atoms with Crippen molar-refractivity contribution in [2.75, 3.05) is 7.11 Å². The predicted molar refractivity (Wildman–Crippen MR) is 113 cm³/mol. The highest BCUT2D eigenvalue weighted by Gasteiger charge is 2.23. The van der Waals surface area contributed by atoms with Gasteiger partial charge in [-0.25, -0.2) is 4.79 Å². The number of hydrogen-bond acceptors (Lipinski definition) is 4. The van der Waals surface area contributed by atoms with Gasteiger partial charge in [0.25, 0.3) is 5.91 Å². The summed E-state index contributed by atoms with van der Waals surface area (Å²) in [6.45, 7) is 0. The van der Waals surface area contributed by atoms with E-state index in [9.17, 15) is 9.59 Å². The van der Waals surface area contributed by atoms with Gasteiger partial charge in [-0.15, -0.1) is 0 Å². The van der Waals surface area contributed by atoms with Crippen molar-refractivity contribution >= 4 is 33.6 Å². The first-order chi connectivity index (χ1) is 14.2. The summed E-state index contributed by atoms with van der Waals surface area (Å²) in [4.78, 5) is 29.6. The molecule has 4 rings (SSSR count). The van der Waals surface area contributed by atoms with Crippen LogP contribution in [0.4, 0.5) is 0 Å². The molecule has 1 amide bonds. The molecule has 4 aromatic rings. The van der Waals surface area contributed by atoms with E-state index in [1.165, 1.54) is 7.11 Å². The lowest BCUT2D eigenvalue weighted by Gasteiger charge is -2.17. The summed E-state index contributed by atoms with van der Waals surface area (Å²) in [7, 11) is 1.32. The molecular weight excluding hydrogens is 364 g/mol. The maximum atomic E-state index is 12.9. The maximum Gasteiger partial charge on any atom is 0.328 e. The average Bonchev–Trinajstić information content (AvgIpc) is 2.77. The van der Waals surface area contributed by atoms with Crippen LogP contribution in [0, 0.1) is 0 Å². The van der Waals surface area contributed by atoms with Crippen molar-refractivity contribution in [1.82, 2.24) is 10.3 Å². The fraction of sp³-hybridized carbons (Fsp3) is 0.125. The Labute approximate surface area is 168 Å². The molecule has 0 aliphatic carbocycles. The van der Waals surface area contributed by atoms with Gasteiger partial charge in [0.1, 0.15) is 6.04 Å². The van der Waals surface area contributed by atoms with Crippen LogP contribution in [0.3, 0.4) is 0 Å². The Kier molecular flexibility index (Phi) is 5.20. The molecule has 0 aliphatic rings. The number of ether oxygens (including phenoxy) is 1. The molecule has 0 bridgehead atoms. The Morgan fingerprint density at radius 1 is 0.966 bits per heavy atom. The van der Waals surface area contributed by atoms with E-state index in [2.05, 4.69) is 10.3 Å². The normalized spacial score (nSPS) is 11.9. The van der Waals surface area contributed by atoms with Crippen LogP contribution in [0.1, 0.15) is 15.9 Å². The molecule has 1 aromatic heterocycles. The third-order valence-electron chi connectivity index (χ3n) is 4.94. The second kappa shape index (κ2) is 8.10. The highest BCUT2D eigenvalue weighted by molar-refractivity contribution is 6.07. The van der Waals surface area contributed by atoms with Crippen molar-refractivity contribution in [2.24, 2.45) is 0 Å². The van der Waals surface area contributed by atoms with Gasteiger partial charge in [-0.2, -0.15) is 0 Å². The molecule has 1 N–H and O–H groups in total. The number of pyridine rings is 1. The molecule has 5 heteroatoms. The zero-order valence-electron chi connectivity index (χ0n) is 16.0. The number of esters is 1. The van der Waals surface area contributed by atoms with Gasteiger partial charge in [0.05, 0.1) is 18.2 Å². The number of aromatic nitrogens is 1. The first-order valence-corrected chi connectivity index (χ1v) is 9.36. The minimum Gasteiger partial charge on any atom is -0.467 e. The highest BCUT2D eigenvalue weighted by atomic mass is 16.5. The molecular formula is C24H20N2O3. The van der Waals surface area contributed by atoms with Gasteiger partial charge in [-0.3, -0.25) is 9.78 Å². The van der Waals surface area contributed by atoms with Crippen LogP contribution in [0.25, 0.3) is 21.7 Å². The Morgan fingerprint density at radius 2 is 1.72 bits per heavy atom. The summed E-state index contributed by atoms with van der Waals surface area (Å²) in [5, 5.41) is 5.78. The van der Waals surface area contributed by atoms with E-state index in [0.29, 0.717) is 12.0 Å². The summed E-state index contributed by atoms with van der Waals surface area (Å²) in [5.41, 5.74) is 2.14. The number of carbonyl (C=O) groups is 2. The first-order valence-electron chi connectivity index (χ1n) is 9.36. The van der Waals surface area contributed by atoms with Gasteiger partial charge in [-0.1, -0.05) is 60.7 Å². The lowest BCUT2D eigenvalue weighted by molar-refractivity contribution is -0.142. The van der Waals surface area contributed by atoms with Crippen LogP contribution in [0.15, 0.2) is 79.0 Å². The second-order valence-electron chi connectivity index (χ2n) is 6.81. The SMILES string of the molecule is COC(=O)[C@@H](Cc1ccc2ccccc2c1)NC(=O)c1ccnc2ccccc12. The number of rotatable bonds is 5. The van der Waals surface area contributed by atoms with Crippen molar-refractivity contribution in [3.05, 3.63) is 90.1 Å². The van der Waals surface area contributed by atoms with E-state index >= 15 is 0 Å². The Hall–Kier alpha value is -3.73. The smallest absolute Gasteiger partial charge is 0.328 e. The molecule has 5 nitrogen and oxygen atoms in total. The fourth-order valence-electron chi connectivity index (χ4n) is 3.47. The van der Waals surface area contributed by atoms with Crippen LogP contribution in [0.5, 0.6) is 0 Å². The van der Waals surface area contributed by atoms with Gasteiger partial charge in [0, 0.05) is 18.0 Å². The number of methoxy groups -OCH3 is 1. The van der Waals surface area contributed by atoms with Crippen molar-refractivity contribution in [3.63, 3.8) is 0 Å². The number of hydrogen-bond donors (Lipinski definition) is 1. The number of nitrogens with one attached hydrogen (secondary N) is 1. The molecule has 0 spiro atoms. The third kappa shape index (κ3) is 3.94. The topological polar surface area (TPSA) is 68.3 Å². The third-order valence-corrected chi connectivity index (χ3v) is 4.94. The Morgan fingerprint density at radius 3 is 2.55 bits per heavy atom. The number of fused-ring (bicyclic) bond motifs is 2. The van der Waals surface area contributed by atoms with Crippen LogP contribution in [0.2, 0.25) is 0 Å². The van der Waals surface area contributed by atoms with E-state index in [1.54, 1.807) is 12.3 Å². The van der Waals surface area contributed by atoms with Gasteiger partial charge in [-0.05, 0) is 28.5 Å².